The number of aliphatic hydroxyl groups is 2. The van der Waals surface area contributed by atoms with Crippen molar-refractivity contribution in [3.8, 4) is 0 Å². The summed E-state index contributed by atoms with van der Waals surface area (Å²) in [6, 6.07) is 2.40. The molecule has 0 heterocycles. The summed E-state index contributed by atoms with van der Waals surface area (Å²) in [6.07, 6.45) is -1.27. The maximum atomic E-state index is 12.0. The van der Waals surface area contributed by atoms with E-state index in [2.05, 4.69) is 0 Å². The van der Waals surface area contributed by atoms with E-state index in [0.717, 1.165) is 0 Å². The number of sulfonamides is 1. The van der Waals surface area contributed by atoms with Crippen LogP contribution in [0.25, 0.3) is 0 Å². The third kappa shape index (κ3) is 3.73. The van der Waals surface area contributed by atoms with Gasteiger partial charge in [0, 0.05) is 12.6 Å². The predicted octanol–water partition coefficient (Wildman–Crippen LogP) is -0.157. The van der Waals surface area contributed by atoms with E-state index < -0.39 is 44.8 Å². The number of nitro benzene ring substituents is 1. The standard InChI is InChI=1S/C11H16N2O6S/c1-7-3-10(13(16)17)11(4-8(7)2)20(18,19)12-5-9(15)6-14/h3-4,9,12,14-15H,5-6H2,1-2H3. The summed E-state index contributed by atoms with van der Waals surface area (Å²) in [7, 11) is -4.14. The predicted molar refractivity (Wildman–Crippen MR) is 70.9 cm³/mol. The fourth-order valence-corrected chi connectivity index (χ4v) is 2.79. The second kappa shape index (κ2) is 6.27. The van der Waals surface area contributed by atoms with E-state index >= 15 is 0 Å². The molecule has 1 rings (SSSR count). The SMILES string of the molecule is Cc1cc([N+](=O)[O-])c(S(=O)(=O)NCC(O)CO)cc1C. The molecule has 8 nitrogen and oxygen atoms in total. The monoisotopic (exact) mass is 304 g/mol. The number of benzene rings is 1. The van der Waals surface area contributed by atoms with Crippen LogP contribution in [0.1, 0.15) is 11.1 Å². The van der Waals surface area contributed by atoms with E-state index in [4.69, 9.17) is 10.2 Å². The molecule has 1 aromatic carbocycles. The maximum absolute atomic E-state index is 12.0. The number of aryl methyl sites for hydroxylation is 2. The average Bonchev–Trinajstić information content (AvgIpc) is 2.38. The van der Waals surface area contributed by atoms with Crippen LogP contribution in [-0.2, 0) is 10.0 Å². The number of nitro groups is 1. The molecule has 0 aliphatic carbocycles. The molecule has 3 N–H and O–H groups in total. The minimum atomic E-state index is -4.14. The van der Waals surface area contributed by atoms with Crippen LogP contribution in [0.2, 0.25) is 0 Å². The number of hydrogen-bond donors (Lipinski definition) is 3. The molecule has 0 bridgehead atoms. The molecular weight excluding hydrogens is 288 g/mol. The van der Waals surface area contributed by atoms with Crippen molar-refractivity contribution in [1.29, 1.82) is 0 Å². The number of rotatable bonds is 6. The van der Waals surface area contributed by atoms with Gasteiger partial charge in [0.25, 0.3) is 5.69 Å². The molecular formula is C11H16N2O6S. The van der Waals surface area contributed by atoms with Crippen LogP contribution < -0.4 is 4.72 Å². The molecule has 0 saturated carbocycles. The molecule has 0 saturated heterocycles. The van der Waals surface area contributed by atoms with Gasteiger partial charge >= 0.3 is 0 Å². The third-order valence-corrected chi connectivity index (χ3v) is 4.23. The Hall–Kier alpha value is -1.55. The molecule has 0 radical (unpaired) electrons. The molecule has 1 aromatic rings. The van der Waals surface area contributed by atoms with Crippen molar-refractivity contribution in [2.24, 2.45) is 0 Å². The van der Waals surface area contributed by atoms with Crippen LogP contribution in [0.3, 0.4) is 0 Å². The first-order valence-corrected chi connectivity index (χ1v) is 7.21. The Kier molecular flexibility index (Phi) is 5.17. The topological polar surface area (TPSA) is 130 Å². The summed E-state index contributed by atoms with van der Waals surface area (Å²) in [5.74, 6) is 0. The first kappa shape index (κ1) is 16.5. The number of nitrogens with zero attached hydrogens (tertiary/aromatic N) is 1. The van der Waals surface area contributed by atoms with Crippen LogP contribution in [0.15, 0.2) is 17.0 Å². The number of hydrogen-bond acceptors (Lipinski definition) is 6. The van der Waals surface area contributed by atoms with Gasteiger partial charge in [0.2, 0.25) is 10.0 Å². The van der Waals surface area contributed by atoms with Crippen LogP contribution in [0.4, 0.5) is 5.69 Å². The summed E-state index contributed by atoms with van der Waals surface area (Å²) in [4.78, 5) is 9.71. The van der Waals surface area contributed by atoms with Crippen molar-refractivity contribution in [2.45, 2.75) is 24.8 Å². The highest BCUT2D eigenvalue weighted by Gasteiger charge is 2.27. The maximum Gasteiger partial charge on any atom is 0.289 e. The zero-order valence-electron chi connectivity index (χ0n) is 11.0. The third-order valence-electron chi connectivity index (χ3n) is 2.78. The van der Waals surface area contributed by atoms with E-state index in [1.165, 1.54) is 12.1 Å². The van der Waals surface area contributed by atoms with Gasteiger partial charge in [0.15, 0.2) is 4.90 Å². The minimum Gasteiger partial charge on any atom is -0.394 e. The second-order valence-electron chi connectivity index (χ2n) is 4.35. The number of aliphatic hydroxyl groups excluding tert-OH is 2. The van der Waals surface area contributed by atoms with Gasteiger partial charge in [-0.05, 0) is 31.0 Å². The molecule has 112 valence electrons. The van der Waals surface area contributed by atoms with Crippen LogP contribution >= 0.6 is 0 Å². The van der Waals surface area contributed by atoms with Gasteiger partial charge in [0.05, 0.1) is 17.6 Å². The normalized spacial score (nSPS) is 13.2. The smallest absolute Gasteiger partial charge is 0.289 e. The Morgan fingerprint density at radius 2 is 1.90 bits per heavy atom. The first-order chi connectivity index (χ1) is 9.19. The second-order valence-corrected chi connectivity index (χ2v) is 6.08. The molecule has 9 heteroatoms. The van der Waals surface area contributed by atoms with Gasteiger partial charge in [-0.15, -0.1) is 0 Å². The Labute approximate surface area is 116 Å². The van der Waals surface area contributed by atoms with Gasteiger partial charge in [-0.1, -0.05) is 0 Å². The largest absolute Gasteiger partial charge is 0.394 e. The molecule has 0 aliphatic rings. The van der Waals surface area contributed by atoms with Crippen molar-refractivity contribution in [3.63, 3.8) is 0 Å². The summed E-state index contributed by atoms with van der Waals surface area (Å²) in [5, 5.41) is 28.7. The molecule has 1 unspecified atom stereocenters. The van der Waals surface area contributed by atoms with Gasteiger partial charge in [-0.25, -0.2) is 13.1 Å². The molecule has 0 amide bonds. The van der Waals surface area contributed by atoms with Crippen LogP contribution in [0, 0.1) is 24.0 Å². The Bertz CT molecular complexity index is 614. The van der Waals surface area contributed by atoms with E-state index in [1.54, 1.807) is 13.8 Å². The first-order valence-electron chi connectivity index (χ1n) is 5.73. The highest BCUT2D eigenvalue weighted by Crippen LogP contribution is 2.27. The minimum absolute atomic E-state index is 0.428. The lowest BCUT2D eigenvalue weighted by atomic mass is 10.1. The van der Waals surface area contributed by atoms with Gasteiger partial charge in [-0.2, -0.15) is 0 Å². The summed E-state index contributed by atoms with van der Waals surface area (Å²) >= 11 is 0. The lowest BCUT2D eigenvalue weighted by Crippen LogP contribution is -2.34. The van der Waals surface area contributed by atoms with Crippen molar-refractivity contribution in [2.75, 3.05) is 13.2 Å². The number of nitrogens with one attached hydrogen (secondary N) is 1. The summed E-state index contributed by atoms with van der Waals surface area (Å²) < 4.78 is 26.1. The highest BCUT2D eigenvalue weighted by molar-refractivity contribution is 7.89. The Morgan fingerprint density at radius 3 is 2.40 bits per heavy atom. The van der Waals surface area contributed by atoms with Gasteiger partial charge in [0.1, 0.15) is 0 Å². The van der Waals surface area contributed by atoms with E-state index in [0.29, 0.717) is 11.1 Å². The van der Waals surface area contributed by atoms with Crippen molar-refractivity contribution in [3.05, 3.63) is 33.4 Å². The summed E-state index contributed by atoms with van der Waals surface area (Å²) in [6.45, 7) is 2.24. The average molecular weight is 304 g/mol. The van der Waals surface area contributed by atoms with E-state index in [1.807, 2.05) is 4.72 Å². The van der Waals surface area contributed by atoms with Gasteiger partial charge in [-0.3, -0.25) is 10.1 Å². The molecule has 0 aromatic heterocycles. The van der Waals surface area contributed by atoms with Crippen LogP contribution in [-0.4, -0.2) is 42.8 Å². The van der Waals surface area contributed by atoms with Crippen molar-refractivity contribution >= 4 is 15.7 Å². The Morgan fingerprint density at radius 1 is 1.35 bits per heavy atom. The highest BCUT2D eigenvalue weighted by atomic mass is 32.2. The zero-order valence-corrected chi connectivity index (χ0v) is 11.8. The fourth-order valence-electron chi connectivity index (χ4n) is 1.48. The van der Waals surface area contributed by atoms with Crippen molar-refractivity contribution in [1.82, 2.24) is 4.72 Å². The molecule has 20 heavy (non-hydrogen) atoms. The molecule has 0 spiro atoms. The van der Waals surface area contributed by atoms with Crippen LogP contribution in [0.5, 0.6) is 0 Å². The quantitative estimate of drug-likeness (QED) is 0.494. The molecule has 0 fully saturated rings. The van der Waals surface area contributed by atoms with Gasteiger partial charge < -0.3 is 10.2 Å². The molecule has 1 atom stereocenters. The fraction of sp³-hybridized carbons (Fsp3) is 0.455. The van der Waals surface area contributed by atoms with E-state index in [-0.39, 0.29) is 0 Å². The van der Waals surface area contributed by atoms with Crippen molar-refractivity contribution < 1.29 is 23.6 Å². The molecule has 0 aliphatic heterocycles. The lowest BCUT2D eigenvalue weighted by Gasteiger charge is -2.11. The Balaban J connectivity index is 3.23. The lowest BCUT2D eigenvalue weighted by molar-refractivity contribution is -0.387. The zero-order chi connectivity index (χ0) is 15.5. The van der Waals surface area contributed by atoms with E-state index in [9.17, 15) is 18.5 Å². The summed E-state index contributed by atoms with van der Waals surface area (Å²) in [5.41, 5.74) is 0.670.